The lowest BCUT2D eigenvalue weighted by Crippen LogP contribution is -2.15. The van der Waals surface area contributed by atoms with Crippen LogP contribution in [0.5, 0.6) is 0 Å². The molecule has 0 saturated carbocycles. The first-order valence-electron chi connectivity index (χ1n) is 4.35. The highest BCUT2D eigenvalue weighted by atomic mass is 35.5. The molecule has 0 bridgehead atoms. The van der Waals surface area contributed by atoms with Gasteiger partial charge in [0.1, 0.15) is 0 Å². The summed E-state index contributed by atoms with van der Waals surface area (Å²) in [5, 5.41) is 0.732. The summed E-state index contributed by atoms with van der Waals surface area (Å²) >= 11 is 5.76. The Kier molecular flexibility index (Phi) is 4.22. The van der Waals surface area contributed by atoms with Crippen LogP contribution in [0.2, 0.25) is 5.02 Å². The Labute approximate surface area is 83.6 Å². The number of ether oxygens (including phenoxy) is 1. The molecule has 0 unspecified atom stereocenters. The molecular formula is C10H14ClNO. The zero-order valence-corrected chi connectivity index (χ0v) is 8.42. The lowest BCUT2D eigenvalue weighted by molar-refractivity contribution is 0.0688. The molecule has 0 radical (unpaired) electrons. The monoisotopic (exact) mass is 199 g/mol. The van der Waals surface area contributed by atoms with E-state index in [2.05, 4.69) is 0 Å². The standard InChI is InChI=1S/C10H14ClNO/c1-2-13-10(7-12)8-3-5-9(11)6-4-8/h3-6,10H,2,7,12H2,1H3/t10-/m1/s1. The van der Waals surface area contributed by atoms with E-state index in [0.717, 1.165) is 10.6 Å². The molecule has 0 aliphatic rings. The molecule has 0 aliphatic carbocycles. The molecule has 72 valence electrons. The van der Waals surface area contributed by atoms with E-state index in [-0.39, 0.29) is 6.10 Å². The van der Waals surface area contributed by atoms with E-state index in [1.165, 1.54) is 0 Å². The molecule has 0 heterocycles. The van der Waals surface area contributed by atoms with E-state index in [1.807, 2.05) is 31.2 Å². The minimum absolute atomic E-state index is 0.0118. The van der Waals surface area contributed by atoms with Crippen LogP contribution >= 0.6 is 11.6 Å². The number of hydrogen-bond acceptors (Lipinski definition) is 2. The second kappa shape index (κ2) is 5.22. The predicted octanol–water partition coefficient (Wildman–Crippen LogP) is 2.38. The summed E-state index contributed by atoms with van der Waals surface area (Å²) in [5.41, 5.74) is 6.65. The zero-order valence-electron chi connectivity index (χ0n) is 7.66. The second-order valence-electron chi connectivity index (χ2n) is 2.73. The molecule has 1 aromatic carbocycles. The minimum atomic E-state index is -0.0118. The Morgan fingerprint density at radius 2 is 2.00 bits per heavy atom. The van der Waals surface area contributed by atoms with Crippen LogP contribution in [0.3, 0.4) is 0 Å². The Hall–Kier alpha value is -0.570. The summed E-state index contributed by atoms with van der Waals surface area (Å²) in [6.07, 6.45) is -0.0118. The summed E-state index contributed by atoms with van der Waals surface area (Å²) in [7, 11) is 0. The SMILES string of the molecule is CCO[C@H](CN)c1ccc(Cl)cc1. The van der Waals surface area contributed by atoms with Gasteiger partial charge in [0.2, 0.25) is 0 Å². The van der Waals surface area contributed by atoms with Crippen molar-refractivity contribution in [3.63, 3.8) is 0 Å². The van der Waals surface area contributed by atoms with Crippen LogP contribution in [-0.2, 0) is 4.74 Å². The van der Waals surface area contributed by atoms with Crippen molar-refractivity contribution in [2.75, 3.05) is 13.2 Å². The van der Waals surface area contributed by atoms with Gasteiger partial charge in [0.05, 0.1) is 6.10 Å². The topological polar surface area (TPSA) is 35.2 Å². The summed E-state index contributed by atoms with van der Waals surface area (Å²) in [6, 6.07) is 7.57. The molecule has 0 fully saturated rings. The average molecular weight is 200 g/mol. The zero-order chi connectivity index (χ0) is 9.68. The van der Waals surface area contributed by atoms with Gasteiger partial charge in [-0.2, -0.15) is 0 Å². The third-order valence-electron chi connectivity index (χ3n) is 1.82. The molecule has 2 N–H and O–H groups in total. The molecule has 1 atom stereocenters. The van der Waals surface area contributed by atoms with Gasteiger partial charge in [-0.3, -0.25) is 0 Å². The molecule has 13 heavy (non-hydrogen) atoms. The maximum Gasteiger partial charge on any atom is 0.0946 e. The van der Waals surface area contributed by atoms with Gasteiger partial charge in [0.25, 0.3) is 0 Å². The largest absolute Gasteiger partial charge is 0.372 e. The lowest BCUT2D eigenvalue weighted by atomic mass is 10.1. The van der Waals surface area contributed by atoms with Gasteiger partial charge >= 0.3 is 0 Å². The number of nitrogens with two attached hydrogens (primary N) is 1. The molecule has 0 saturated heterocycles. The van der Waals surface area contributed by atoms with Gasteiger partial charge in [-0.25, -0.2) is 0 Å². The van der Waals surface area contributed by atoms with E-state index in [9.17, 15) is 0 Å². The number of hydrogen-bond donors (Lipinski definition) is 1. The molecule has 3 heteroatoms. The Balaban J connectivity index is 2.73. The smallest absolute Gasteiger partial charge is 0.0946 e. The van der Waals surface area contributed by atoms with Crippen molar-refractivity contribution in [3.8, 4) is 0 Å². The van der Waals surface area contributed by atoms with Gasteiger partial charge in [-0.15, -0.1) is 0 Å². The molecule has 0 amide bonds. The van der Waals surface area contributed by atoms with Gasteiger partial charge in [-0.05, 0) is 24.6 Å². The predicted molar refractivity (Wildman–Crippen MR) is 54.9 cm³/mol. The van der Waals surface area contributed by atoms with Gasteiger partial charge in [-0.1, -0.05) is 23.7 Å². The summed E-state index contributed by atoms with van der Waals surface area (Å²) in [6.45, 7) is 3.12. The van der Waals surface area contributed by atoms with Crippen molar-refractivity contribution >= 4 is 11.6 Å². The fourth-order valence-electron chi connectivity index (χ4n) is 1.18. The highest BCUT2D eigenvalue weighted by Crippen LogP contribution is 2.18. The van der Waals surface area contributed by atoms with Crippen LogP contribution in [-0.4, -0.2) is 13.2 Å². The van der Waals surface area contributed by atoms with Gasteiger partial charge < -0.3 is 10.5 Å². The van der Waals surface area contributed by atoms with Crippen LogP contribution in [0.4, 0.5) is 0 Å². The summed E-state index contributed by atoms with van der Waals surface area (Å²) < 4.78 is 5.45. The van der Waals surface area contributed by atoms with Crippen molar-refractivity contribution in [3.05, 3.63) is 34.9 Å². The average Bonchev–Trinajstić information content (AvgIpc) is 2.16. The van der Waals surface area contributed by atoms with E-state index >= 15 is 0 Å². The fraction of sp³-hybridized carbons (Fsp3) is 0.400. The fourth-order valence-corrected chi connectivity index (χ4v) is 1.30. The minimum Gasteiger partial charge on any atom is -0.372 e. The first kappa shape index (κ1) is 10.5. The van der Waals surface area contributed by atoms with Crippen LogP contribution in [0, 0.1) is 0 Å². The highest BCUT2D eigenvalue weighted by Gasteiger charge is 2.07. The molecule has 0 aliphatic heterocycles. The molecule has 1 aromatic rings. The third-order valence-corrected chi connectivity index (χ3v) is 2.08. The molecule has 1 rings (SSSR count). The first-order chi connectivity index (χ1) is 6.27. The van der Waals surface area contributed by atoms with E-state index < -0.39 is 0 Å². The van der Waals surface area contributed by atoms with Crippen molar-refractivity contribution < 1.29 is 4.74 Å². The van der Waals surface area contributed by atoms with E-state index in [4.69, 9.17) is 22.1 Å². The van der Waals surface area contributed by atoms with E-state index in [0.29, 0.717) is 13.2 Å². The van der Waals surface area contributed by atoms with Gasteiger partial charge in [0.15, 0.2) is 0 Å². The number of halogens is 1. The van der Waals surface area contributed by atoms with Crippen LogP contribution in [0.15, 0.2) is 24.3 Å². The van der Waals surface area contributed by atoms with E-state index in [1.54, 1.807) is 0 Å². The van der Waals surface area contributed by atoms with Crippen LogP contribution in [0.25, 0.3) is 0 Å². The molecule has 2 nitrogen and oxygen atoms in total. The lowest BCUT2D eigenvalue weighted by Gasteiger charge is -2.14. The number of benzene rings is 1. The maximum atomic E-state index is 5.76. The highest BCUT2D eigenvalue weighted by molar-refractivity contribution is 6.30. The first-order valence-corrected chi connectivity index (χ1v) is 4.72. The second-order valence-corrected chi connectivity index (χ2v) is 3.17. The molecule has 0 aromatic heterocycles. The third kappa shape index (κ3) is 2.99. The Morgan fingerprint density at radius 1 is 1.38 bits per heavy atom. The molecule has 0 spiro atoms. The molecular weight excluding hydrogens is 186 g/mol. The maximum absolute atomic E-state index is 5.76. The van der Waals surface area contributed by atoms with Gasteiger partial charge in [0, 0.05) is 18.2 Å². The van der Waals surface area contributed by atoms with Crippen molar-refractivity contribution in [1.29, 1.82) is 0 Å². The summed E-state index contributed by atoms with van der Waals surface area (Å²) in [5.74, 6) is 0. The Morgan fingerprint density at radius 3 is 2.46 bits per heavy atom. The quantitative estimate of drug-likeness (QED) is 0.808. The Bertz CT molecular complexity index is 248. The van der Waals surface area contributed by atoms with Crippen molar-refractivity contribution in [2.24, 2.45) is 5.73 Å². The summed E-state index contributed by atoms with van der Waals surface area (Å²) in [4.78, 5) is 0. The number of rotatable bonds is 4. The van der Waals surface area contributed by atoms with Crippen LogP contribution in [0.1, 0.15) is 18.6 Å². The van der Waals surface area contributed by atoms with Crippen molar-refractivity contribution in [2.45, 2.75) is 13.0 Å². The van der Waals surface area contributed by atoms with Crippen LogP contribution < -0.4 is 5.73 Å². The normalized spacial score (nSPS) is 12.8. The van der Waals surface area contributed by atoms with Crippen molar-refractivity contribution in [1.82, 2.24) is 0 Å².